The lowest BCUT2D eigenvalue weighted by Crippen LogP contribution is -2.00. The third-order valence-electron chi connectivity index (χ3n) is 3.05. The Kier molecular flexibility index (Phi) is 3.65. The van der Waals surface area contributed by atoms with Gasteiger partial charge in [-0.3, -0.25) is 0 Å². The first-order valence-electron chi connectivity index (χ1n) is 6.58. The van der Waals surface area contributed by atoms with E-state index in [0.717, 1.165) is 10.9 Å². The second kappa shape index (κ2) is 5.76. The van der Waals surface area contributed by atoms with Crippen LogP contribution in [0.4, 0.5) is 5.95 Å². The number of nitrogen functional groups attached to an aromatic ring is 1. The number of anilines is 1. The number of pyridine rings is 1. The minimum absolute atomic E-state index is 0.0939. The number of H-pyrrole nitrogens is 1. The van der Waals surface area contributed by atoms with E-state index >= 15 is 0 Å². The Morgan fingerprint density at radius 3 is 2.90 bits per heavy atom. The van der Waals surface area contributed by atoms with Gasteiger partial charge >= 0.3 is 0 Å². The summed E-state index contributed by atoms with van der Waals surface area (Å²) in [6.07, 6.45) is 5.67. The predicted molar refractivity (Wildman–Crippen MR) is 78.7 cm³/mol. The zero-order valence-corrected chi connectivity index (χ0v) is 11.3. The van der Waals surface area contributed by atoms with Gasteiger partial charge in [-0.1, -0.05) is 0 Å². The Hall–Kier alpha value is -2.67. The van der Waals surface area contributed by atoms with Crippen molar-refractivity contribution < 1.29 is 9.84 Å². The van der Waals surface area contributed by atoms with Gasteiger partial charge in [0.05, 0.1) is 17.7 Å². The van der Waals surface area contributed by atoms with Gasteiger partial charge in [0.2, 0.25) is 5.95 Å². The molecule has 21 heavy (non-hydrogen) atoms. The number of aromatic nitrogens is 4. The van der Waals surface area contributed by atoms with Crippen LogP contribution in [0.5, 0.6) is 5.75 Å². The van der Waals surface area contributed by atoms with E-state index in [1.807, 2.05) is 6.20 Å². The van der Waals surface area contributed by atoms with Gasteiger partial charge in [0, 0.05) is 37.2 Å². The molecule has 0 saturated carbocycles. The van der Waals surface area contributed by atoms with Crippen LogP contribution in [0.3, 0.4) is 0 Å². The first-order valence-corrected chi connectivity index (χ1v) is 6.58. The van der Waals surface area contributed by atoms with E-state index in [0.29, 0.717) is 30.1 Å². The summed E-state index contributed by atoms with van der Waals surface area (Å²) in [4.78, 5) is 15.5. The Bertz CT molecular complexity index is 756. The number of rotatable bonds is 5. The zero-order chi connectivity index (χ0) is 14.7. The maximum Gasteiger partial charge on any atom is 0.220 e. The Labute approximate surface area is 120 Å². The molecule has 108 valence electrons. The highest BCUT2D eigenvalue weighted by atomic mass is 16.5. The van der Waals surface area contributed by atoms with E-state index in [1.165, 1.54) is 0 Å². The molecule has 0 bridgehead atoms. The molecule has 0 aliphatic rings. The Morgan fingerprint density at radius 2 is 2.10 bits per heavy atom. The summed E-state index contributed by atoms with van der Waals surface area (Å²) >= 11 is 0. The minimum atomic E-state index is 0.0939. The van der Waals surface area contributed by atoms with Crippen molar-refractivity contribution in [2.75, 3.05) is 18.9 Å². The number of aliphatic hydroxyl groups excluding tert-OH is 1. The normalized spacial score (nSPS) is 10.9. The summed E-state index contributed by atoms with van der Waals surface area (Å²) < 4.78 is 5.72. The third kappa shape index (κ3) is 2.63. The van der Waals surface area contributed by atoms with Crippen LogP contribution in [-0.4, -0.2) is 38.3 Å². The number of hydrogen-bond donors (Lipinski definition) is 3. The van der Waals surface area contributed by atoms with Gasteiger partial charge in [-0.2, -0.15) is 0 Å². The molecule has 0 amide bonds. The molecule has 0 atom stereocenters. The van der Waals surface area contributed by atoms with Gasteiger partial charge in [-0.15, -0.1) is 0 Å². The molecule has 0 aliphatic heterocycles. The summed E-state index contributed by atoms with van der Waals surface area (Å²) in [6, 6.07) is 3.57. The summed E-state index contributed by atoms with van der Waals surface area (Å²) in [5, 5.41) is 9.69. The van der Waals surface area contributed by atoms with E-state index in [9.17, 15) is 0 Å². The van der Waals surface area contributed by atoms with Crippen LogP contribution < -0.4 is 10.5 Å². The smallest absolute Gasteiger partial charge is 0.220 e. The van der Waals surface area contributed by atoms with Gasteiger partial charge in [-0.25, -0.2) is 15.0 Å². The lowest BCUT2D eigenvalue weighted by molar-refractivity contribution is 0.235. The van der Waals surface area contributed by atoms with Gasteiger partial charge in [-0.05, 0) is 12.1 Å². The summed E-state index contributed by atoms with van der Waals surface area (Å²) in [7, 11) is 0. The summed E-state index contributed by atoms with van der Waals surface area (Å²) in [5.74, 6) is 0.912. The van der Waals surface area contributed by atoms with Crippen LogP contribution in [0.25, 0.3) is 22.3 Å². The molecule has 3 rings (SSSR count). The fraction of sp³-hybridized carbons (Fsp3) is 0.214. The summed E-state index contributed by atoms with van der Waals surface area (Å²) in [6.45, 7) is 0.531. The van der Waals surface area contributed by atoms with Gasteiger partial charge in [0.25, 0.3) is 0 Å². The molecule has 0 unspecified atom stereocenters. The SMILES string of the molecule is Nc1nccc(-c2c[nH]c3nccc(OCCCO)c23)n1. The monoisotopic (exact) mass is 285 g/mol. The quantitative estimate of drug-likeness (QED) is 0.611. The Morgan fingerprint density at radius 1 is 1.24 bits per heavy atom. The second-order valence-electron chi connectivity index (χ2n) is 4.46. The van der Waals surface area contributed by atoms with Crippen molar-refractivity contribution >= 4 is 17.0 Å². The van der Waals surface area contributed by atoms with E-state index < -0.39 is 0 Å². The standard InChI is InChI=1S/C14H15N5O2/c15-14-17-4-2-10(19-14)9-8-18-13-12(9)11(3-5-16-13)21-7-1-6-20/h2-5,8,20H,1,6-7H2,(H,16,18)(H2,15,17,19). The van der Waals surface area contributed by atoms with Crippen molar-refractivity contribution in [3.05, 3.63) is 30.7 Å². The van der Waals surface area contributed by atoms with Crippen molar-refractivity contribution in [2.24, 2.45) is 0 Å². The van der Waals surface area contributed by atoms with E-state index in [2.05, 4.69) is 19.9 Å². The van der Waals surface area contributed by atoms with Crippen LogP contribution in [-0.2, 0) is 0 Å². The number of ether oxygens (including phenoxy) is 1. The molecule has 0 spiro atoms. The maximum absolute atomic E-state index is 8.85. The van der Waals surface area contributed by atoms with E-state index in [4.69, 9.17) is 15.6 Å². The molecule has 3 aromatic rings. The van der Waals surface area contributed by atoms with Gasteiger partial charge < -0.3 is 20.6 Å². The molecule has 3 aromatic heterocycles. The Balaban J connectivity index is 2.07. The van der Waals surface area contributed by atoms with Crippen molar-refractivity contribution in [3.63, 3.8) is 0 Å². The van der Waals surface area contributed by atoms with E-state index in [-0.39, 0.29) is 12.6 Å². The lowest BCUT2D eigenvalue weighted by atomic mass is 10.1. The largest absolute Gasteiger partial charge is 0.493 e. The molecule has 7 nitrogen and oxygen atoms in total. The van der Waals surface area contributed by atoms with Crippen molar-refractivity contribution in [1.82, 2.24) is 19.9 Å². The lowest BCUT2D eigenvalue weighted by Gasteiger charge is -2.08. The highest BCUT2D eigenvalue weighted by Gasteiger charge is 2.13. The van der Waals surface area contributed by atoms with Gasteiger partial charge in [0.15, 0.2) is 0 Å². The second-order valence-corrected chi connectivity index (χ2v) is 4.46. The highest BCUT2D eigenvalue weighted by molar-refractivity contribution is 5.97. The molecule has 3 heterocycles. The average molecular weight is 285 g/mol. The summed E-state index contributed by atoms with van der Waals surface area (Å²) in [5.41, 5.74) is 7.91. The molecule has 0 aromatic carbocycles. The van der Waals surface area contributed by atoms with Crippen molar-refractivity contribution in [3.8, 4) is 17.0 Å². The van der Waals surface area contributed by atoms with Crippen LogP contribution in [0, 0.1) is 0 Å². The molecule has 0 fully saturated rings. The topological polar surface area (TPSA) is 110 Å². The van der Waals surface area contributed by atoms with Crippen molar-refractivity contribution in [2.45, 2.75) is 6.42 Å². The molecule has 4 N–H and O–H groups in total. The van der Waals surface area contributed by atoms with E-state index in [1.54, 1.807) is 24.5 Å². The van der Waals surface area contributed by atoms with Crippen molar-refractivity contribution in [1.29, 1.82) is 0 Å². The fourth-order valence-electron chi connectivity index (χ4n) is 2.12. The van der Waals surface area contributed by atoms with Gasteiger partial charge in [0.1, 0.15) is 11.4 Å². The number of aliphatic hydroxyl groups is 1. The van der Waals surface area contributed by atoms with Crippen LogP contribution in [0.15, 0.2) is 30.7 Å². The van der Waals surface area contributed by atoms with Crippen LogP contribution in [0.2, 0.25) is 0 Å². The predicted octanol–water partition coefficient (Wildman–Crippen LogP) is 1.36. The first-order chi connectivity index (χ1) is 10.3. The zero-order valence-electron chi connectivity index (χ0n) is 11.3. The molecule has 0 radical (unpaired) electrons. The number of nitrogens with zero attached hydrogens (tertiary/aromatic N) is 3. The van der Waals surface area contributed by atoms with Crippen LogP contribution >= 0.6 is 0 Å². The maximum atomic E-state index is 8.85. The fourth-order valence-corrected chi connectivity index (χ4v) is 2.12. The first kappa shape index (κ1) is 13.3. The molecule has 0 aliphatic carbocycles. The molecular formula is C14H15N5O2. The highest BCUT2D eigenvalue weighted by Crippen LogP contribution is 2.33. The number of hydrogen-bond acceptors (Lipinski definition) is 6. The minimum Gasteiger partial charge on any atom is -0.493 e. The molecular weight excluding hydrogens is 270 g/mol. The number of fused-ring (bicyclic) bond motifs is 1. The number of nitrogens with two attached hydrogens (primary N) is 1. The average Bonchev–Trinajstić information content (AvgIpc) is 2.92. The molecule has 7 heteroatoms. The number of nitrogens with one attached hydrogen (secondary N) is 1. The number of aromatic amines is 1. The third-order valence-corrected chi connectivity index (χ3v) is 3.05. The molecule has 0 saturated heterocycles. The van der Waals surface area contributed by atoms with Crippen LogP contribution in [0.1, 0.15) is 6.42 Å².